The van der Waals surface area contributed by atoms with Gasteiger partial charge in [0.05, 0.1) is 6.04 Å². The van der Waals surface area contributed by atoms with Crippen LogP contribution in [0.1, 0.15) is 68.5 Å². The third-order valence-electron chi connectivity index (χ3n) is 6.21. The summed E-state index contributed by atoms with van der Waals surface area (Å²) in [5, 5.41) is 5.93. The molecular formula is C21H27N3O3. The van der Waals surface area contributed by atoms with E-state index in [0.29, 0.717) is 12.8 Å². The van der Waals surface area contributed by atoms with Crippen LogP contribution in [0.25, 0.3) is 0 Å². The van der Waals surface area contributed by atoms with Gasteiger partial charge in [0.25, 0.3) is 5.91 Å². The van der Waals surface area contributed by atoms with Gasteiger partial charge in [-0.15, -0.1) is 0 Å². The highest BCUT2D eigenvalue weighted by molar-refractivity contribution is 6.09. The molecule has 0 bridgehead atoms. The van der Waals surface area contributed by atoms with Crippen molar-refractivity contribution in [3.05, 3.63) is 35.4 Å². The Hall–Kier alpha value is -2.37. The Morgan fingerprint density at radius 1 is 1.11 bits per heavy atom. The second kappa shape index (κ2) is 7.33. The first-order valence-electron chi connectivity index (χ1n) is 10.1. The molecule has 6 heteroatoms. The lowest BCUT2D eigenvalue weighted by Crippen LogP contribution is -2.47. The molecular weight excluding hydrogens is 342 g/mol. The Kier molecular flexibility index (Phi) is 4.89. The number of urea groups is 1. The highest BCUT2D eigenvalue weighted by atomic mass is 16.2. The zero-order chi connectivity index (χ0) is 18.9. The Morgan fingerprint density at radius 2 is 1.85 bits per heavy atom. The van der Waals surface area contributed by atoms with Crippen LogP contribution in [0.15, 0.2) is 24.3 Å². The number of carbonyl (C=O) groups is 3. The number of fused-ring (bicyclic) bond motifs is 1. The van der Waals surface area contributed by atoms with Crippen LogP contribution in [0.3, 0.4) is 0 Å². The quantitative estimate of drug-likeness (QED) is 0.804. The molecule has 6 nitrogen and oxygen atoms in total. The number of hydrogen-bond donors (Lipinski definition) is 2. The molecule has 27 heavy (non-hydrogen) atoms. The van der Waals surface area contributed by atoms with Gasteiger partial charge in [0.15, 0.2) is 0 Å². The van der Waals surface area contributed by atoms with Gasteiger partial charge in [0.1, 0.15) is 12.1 Å². The maximum Gasteiger partial charge on any atom is 0.325 e. The molecule has 0 aromatic heterocycles. The molecule has 1 saturated carbocycles. The summed E-state index contributed by atoms with van der Waals surface area (Å²) in [6.45, 7) is -0.203. The van der Waals surface area contributed by atoms with Crippen molar-refractivity contribution >= 4 is 17.8 Å². The minimum absolute atomic E-state index is 0.0462. The zero-order valence-corrected chi connectivity index (χ0v) is 15.6. The maximum absolute atomic E-state index is 12.9. The first kappa shape index (κ1) is 18.0. The summed E-state index contributed by atoms with van der Waals surface area (Å²) in [7, 11) is 0. The van der Waals surface area contributed by atoms with Crippen molar-refractivity contribution < 1.29 is 14.4 Å². The summed E-state index contributed by atoms with van der Waals surface area (Å²) in [5.41, 5.74) is 1.63. The van der Waals surface area contributed by atoms with E-state index in [1.54, 1.807) is 0 Å². The molecule has 1 spiro atoms. The van der Waals surface area contributed by atoms with Crippen LogP contribution in [0, 0.1) is 0 Å². The van der Waals surface area contributed by atoms with E-state index in [1.807, 2.05) is 18.2 Å². The lowest BCUT2D eigenvalue weighted by atomic mass is 9.88. The first-order chi connectivity index (χ1) is 13.1. The van der Waals surface area contributed by atoms with E-state index >= 15 is 0 Å². The maximum atomic E-state index is 12.9. The van der Waals surface area contributed by atoms with Crippen LogP contribution in [0.2, 0.25) is 0 Å². The standard InChI is InChI=1S/C21H27N3O3/c25-18(22-17-11-7-9-15-8-3-4-10-16(15)17)14-24-19(26)21(23-20(24)27)12-5-1-2-6-13-21/h3-4,8,10,17H,1-2,5-7,9,11-14H2,(H,22,25)(H,23,27). The summed E-state index contributed by atoms with van der Waals surface area (Å²) < 4.78 is 0. The molecule has 3 aliphatic rings. The largest absolute Gasteiger partial charge is 0.348 e. The van der Waals surface area contributed by atoms with Gasteiger partial charge in [-0.05, 0) is 43.2 Å². The van der Waals surface area contributed by atoms with Crippen molar-refractivity contribution in [2.45, 2.75) is 69.4 Å². The van der Waals surface area contributed by atoms with E-state index in [0.717, 1.165) is 55.4 Å². The fraction of sp³-hybridized carbons (Fsp3) is 0.571. The summed E-state index contributed by atoms with van der Waals surface area (Å²) >= 11 is 0. The van der Waals surface area contributed by atoms with E-state index < -0.39 is 11.6 Å². The summed E-state index contributed by atoms with van der Waals surface area (Å²) in [6.07, 6.45) is 8.32. The number of nitrogens with one attached hydrogen (secondary N) is 2. The minimum Gasteiger partial charge on any atom is -0.348 e. The van der Waals surface area contributed by atoms with Crippen molar-refractivity contribution in [1.29, 1.82) is 0 Å². The molecule has 4 amide bonds. The van der Waals surface area contributed by atoms with Gasteiger partial charge >= 0.3 is 6.03 Å². The Labute approximate surface area is 159 Å². The third kappa shape index (κ3) is 3.45. The van der Waals surface area contributed by atoms with Gasteiger partial charge in [-0.3, -0.25) is 14.5 Å². The molecule has 0 radical (unpaired) electrons. The number of hydrogen-bond acceptors (Lipinski definition) is 3. The fourth-order valence-electron chi connectivity index (χ4n) is 4.78. The number of imide groups is 1. The average molecular weight is 369 g/mol. The first-order valence-corrected chi connectivity index (χ1v) is 10.1. The molecule has 1 heterocycles. The normalized spacial score (nSPS) is 24.3. The Morgan fingerprint density at radius 3 is 2.63 bits per heavy atom. The number of aryl methyl sites for hydroxylation is 1. The van der Waals surface area contributed by atoms with Crippen LogP contribution >= 0.6 is 0 Å². The highest BCUT2D eigenvalue weighted by Crippen LogP contribution is 2.33. The highest BCUT2D eigenvalue weighted by Gasteiger charge is 2.51. The van der Waals surface area contributed by atoms with Crippen molar-refractivity contribution in [1.82, 2.24) is 15.5 Å². The summed E-state index contributed by atoms with van der Waals surface area (Å²) in [6, 6.07) is 7.67. The number of rotatable bonds is 3. The molecule has 2 fully saturated rings. The predicted molar refractivity (Wildman–Crippen MR) is 101 cm³/mol. The molecule has 2 aliphatic carbocycles. The summed E-state index contributed by atoms with van der Waals surface area (Å²) in [4.78, 5) is 39.1. The van der Waals surface area contributed by atoms with Gasteiger partial charge in [-0.1, -0.05) is 49.9 Å². The van der Waals surface area contributed by atoms with Gasteiger partial charge in [-0.2, -0.15) is 0 Å². The molecule has 144 valence electrons. The monoisotopic (exact) mass is 369 g/mol. The topological polar surface area (TPSA) is 78.5 Å². The summed E-state index contributed by atoms with van der Waals surface area (Å²) in [5.74, 6) is -0.500. The van der Waals surface area contributed by atoms with Crippen LogP contribution in [0.5, 0.6) is 0 Å². The number of nitrogens with zero attached hydrogens (tertiary/aromatic N) is 1. The number of amides is 4. The van der Waals surface area contributed by atoms with Gasteiger partial charge in [0, 0.05) is 0 Å². The third-order valence-corrected chi connectivity index (χ3v) is 6.21. The molecule has 1 aromatic carbocycles. The SMILES string of the molecule is O=C(CN1C(=O)NC2(CCCCCC2)C1=O)NC1CCCc2ccccc21. The Balaban J connectivity index is 1.43. The van der Waals surface area contributed by atoms with Crippen LogP contribution in [-0.2, 0) is 16.0 Å². The van der Waals surface area contributed by atoms with Crippen molar-refractivity contribution in [2.24, 2.45) is 0 Å². The lowest BCUT2D eigenvalue weighted by Gasteiger charge is -2.27. The van der Waals surface area contributed by atoms with Gasteiger partial charge in [-0.25, -0.2) is 4.79 Å². The van der Waals surface area contributed by atoms with Crippen molar-refractivity contribution in [2.75, 3.05) is 6.54 Å². The minimum atomic E-state index is -0.786. The predicted octanol–water partition coefficient (Wildman–Crippen LogP) is 2.83. The Bertz CT molecular complexity index is 753. The van der Waals surface area contributed by atoms with Crippen molar-refractivity contribution in [3.8, 4) is 0 Å². The molecule has 1 aliphatic heterocycles. The molecule has 1 atom stereocenters. The average Bonchev–Trinajstić information content (AvgIpc) is 2.84. The van der Waals surface area contributed by atoms with Gasteiger partial charge < -0.3 is 10.6 Å². The smallest absolute Gasteiger partial charge is 0.325 e. The van der Waals surface area contributed by atoms with E-state index in [2.05, 4.69) is 16.7 Å². The lowest BCUT2D eigenvalue weighted by molar-refractivity contribution is -0.135. The van der Waals surface area contributed by atoms with E-state index in [9.17, 15) is 14.4 Å². The molecule has 1 unspecified atom stereocenters. The van der Waals surface area contributed by atoms with E-state index in [1.165, 1.54) is 5.56 Å². The molecule has 1 aromatic rings. The van der Waals surface area contributed by atoms with Crippen molar-refractivity contribution in [3.63, 3.8) is 0 Å². The zero-order valence-electron chi connectivity index (χ0n) is 15.6. The van der Waals surface area contributed by atoms with Crippen LogP contribution in [-0.4, -0.2) is 34.8 Å². The van der Waals surface area contributed by atoms with E-state index in [4.69, 9.17) is 0 Å². The van der Waals surface area contributed by atoms with Crippen LogP contribution in [0.4, 0.5) is 4.79 Å². The number of benzene rings is 1. The van der Waals surface area contributed by atoms with Gasteiger partial charge in [0.2, 0.25) is 5.91 Å². The number of carbonyl (C=O) groups excluding carboxylic acids is 3. The second-order valence-corrected chi connectivity index (χ2v) is 8.03. The fourth-order valence-corrected chi connectivity index (χ4v) is 4.78. The molecule has 2 N–H and O–H groups in total. The molecule has 4 rings (SSSR count). The second-order valence-electron chi connectivity index (χ2n) is 8.03. The van der Waals surface area contributed by atoms with E-state index in [-0.39, 0.29) is 24.4 Å². The molecule has 1 saturated heterocycles. The van der Waals surface area contributed by atoms with Crippen LogP contribution < -0.4 is 10.6 Å².